The Morgan fingerprint density at radius 1 is 1.46 bits per heavy atom. The number of nitrogens with one attached hydrogen (secondary N) is 1. The van der Waals surface area contributed by atoms with Crippen molar-refractivity contribution >= 4 is 5.91 Å². The summed E-state index contributed by atoms with van der Waals surface area (Å²) in [5, 5.41) is 2.12. The maximum atomic E-state index is 12.6. The first-order valence-electron chi connectivity index (χ1n) is 3.86. The van der Waals surface area contributed by atoms with Gasteiger partial charge in [0.25, 0.3) is 5.91 Å². The van der Waals surface area contributed by atoms with E-state index in [2.05, 4.69) is 11.9 Å². The lowest BCUT2D eigenvalue weighted by molar-refractivity contribution is 0.0915. The highest BCUT2D eigenvalue weighted by molar-refractivity contribution is 5.94. The Morgan fingerprint density at radius 2 is 2.08 bits per heavy atom. The molecule has 0 spiro atoms. The van der Waals surface area contributed by atoms with Crippen LogP contribution in [-0.4, -0.2) is 12.2 Å². The molecular weight excluding hydrogens is 169 g/mol. The molecule has 0 aliphatic heterocycles. The second kappa shape index (κ2) is 4.40. The van der Waals surface area contributed by atoms with Gasteiger partial charge in [0, 0.05) is 5.56 Å². The molecule has 3 heteroatoms. The van der Waals surface area contributed by atoms with Gasteiger partial charge in [0.2, 0.25) is 0 Å². The van der Waals surface area contributed by atoms with Gasteiger partial charge in [0.05, 0.1) is 0 Å². The molecule has 0 bridgehead atoms. The van der Waals surface area contributed by atoms with Crippen molar-refractivity contribution in [2.75, 3.05) is 0 Å². The predicted octanol–water partition coefficient (Wildman–Crippen LogP) is 1.90. The molecule has 1 unspecified atom stereocenters. The minimum absolute atomic E-state index is 0.437. The third-order valence-corrected chi connectivity index (χ3v) is 1.51. The molecule has 0 aliphatic rings. The average molecular weight is 179 g/mol. The lowest BCUT2D eigenvalue weighted by atomic mass is 10.2. The van der Waals surface area contributed by atoms with Crippen LogP contribution in [0, 0.1) is 0 Å². The van der Waals surface area contributed by atoms with Crippen molar-refractivity contribution in [1.29, 1.82) is 0 Å². The monoisotopic (exact) mass is 179 g/mol. The maximum Gasteiger partial charge on any atom is 0.253 e. The molecule has 1 aromatic rings. The number of alkyl halides is 1. The summed E-state index contributed by atoms with van der Waals surface area (Å²) in [4.78, 5) is 11.2. The van der Waals surface area contributed by atoms with Crippen molar-refractivity contribution in [3.63, 3.8) is 0 Å². The number of hydrogen-bond donors (Lipinski definition) is 1. The van der Waals surface area contributed by atoms with Crippen LogP contribution in [0.25, 0.3) is 0 Å². The van der Waals surface area contributed by atoms with Gasteiger partial charge in [0.1, 0.15) is 0 Å². The van der Waals surface area contributed by atoms with E-state index in [-0.39, 0.29) is 0 Å². The van der Waals surface area contributed by atoms with Gasteiger partial charge >= 0.3 is 0 Å². The summed E-state index contributed by atoms with van der Waals surface area (Å²) in [6.07, 6.45) is -0.464. The first kappa shape index (κ1) is 9.45. The van der Waals surface area contributed by atoms with E-state index >= 15 is 0 Å². The number of amides is 1. The smallest absolute Gasteiger partial charge is 0.253 e. The van der Waals surface area contributed by atoms with Gasteiger partial charge in [-0.05, 0) is 18.2 Å². The summed E-state index contributed by atoms with van der Waals surface area (Å²) in [5.41, 5.74) is 0.437. The topological polar surface area (TPSA) is 29.1 Å². The summed E-state index contributed by atoms with van der Waals surface area (Å²) in [7, 11) is 0. The molecule has 1 atom stereocenters. The van der Waals surface area contributed by atoms with Crippen molar-refractivity contribution in [3.05, 3.63) is 48.6 Å². The van der Waals surface area contributed by atoms with E-state index in [1.54, 1.807) is 30.3 Å². The summed E-state index contributed by atoms with van der Waals surface area (Å²) in [6.45, 7) is 3.22. The molecule has 0 heterocycles. The highest BCUT2D eigenvalue weighted by Crippen LogP contribution is 1.99. The SMILES string of the molecule is C=CC(F)NC(=O)c1ccccc1. The first-order chi connectivity index (χ1) is 6.24. The zero-order valence-corrected chi connectivity index (χ0v) is 7.03. The molecule has 13 heavy (non-hydrogen) atoms. The van der Waals surface area contributed by atoms with Crippen LogP contribution in [0.1, 0.15) is 10.4 Å². The van der Waals surface area contributed by atoms with Gasteiger partial charge in [-0.15, -0.1) is 0 Å². The van der Waals surface area contributed by atoms with Crippen LogP contribution in [0.3, 0.4) is 0 Å². The van der Waals surface area contributed by atoms with Crippen molar-refractivity contribution in [2.24, 2.45) is 0 Å². The van der Waals surface area contributed by atoms with Crippen LogP contribution < -0.4 is 5.32 Å². The lowest BCUT2D eigenvalue weighted by Gasteiger charge is -2.05. The summed E-state index contributed by atoms with van der Waals surface area (Å²) < 4.78 is 12.6. The molecule has 0 saturated heterocycles. The molecule has 68 valence electrons. The number of benzene rings is 1. The Labute approximate surface area is 76.1 Å². The number of carbonyl (C=O) groups is 1. The Morgan fingerprint density at radius 3 is 2.62 bits per heavy atom. The number of rotatable bonds is 3. The lowest BCUT2D eigenvalue weighted by Crippen LogP contribution is -2.29. The average Bonchev–Trinajstić information content (AvgIpc) is 2.19. The van der Waals surface area contributed by atoms with Gasteiger partial charge in [-0.3, -0.25) is 4.79 Å². The van der Waals surface area contributed by atoms with Crippen molar-refractivity contribution < 1.29 is 9.18 Å². The van der Waals surface area contributed by atoms with Crippen LogP contribution in [0.2, 0.25) is 0 Å². The third kappa shape index (κ3) is 2.71. The van der Waals surface area contributed by atoms with E-state index in [4.69, 9.17) is 0 Å². The fraction of sp³-hybridized carbons (Fsp3) is 0.100. The minimum Gasteiger partial charge on any atom is -0.319 e. The third-order valence-electron chi connectivity index (χ3n) is 1.51. The van der Waals surface area contributed by atoms with Gasteiger partial charge in [0.15, 0.2) is 6.30 Å². The van der Waals surface area contributed by atoms with Gasteiger partial charge in [-0.2, -0.15) is 0 Å². The van der Waals surface area contributed by atoms with E-state index in [1.807, 2.05) is 0 Å². The van der Waals surface area contributed by atoms with Crippen LogP contribution in [0.4, 0.5) is 4.39 Å². The standard InChI is InChI=1S/C10H10FNO/c1-2-9(11)12-10(13)8-6-4-3-5-7-8/h2-7,9H,1H2,(H,12,13). The Hall–Kier alpha value is -1.64. The highest BCUT2D eigenvalue weighted by Gasteiger charge is 2.07. The number of hydrogen-bond acceptors (Lipinski definition) is 1. The molecule has 0 radical (unpaired) electrons. The molecule has 1 rings (SSSR count). The van der Waals surface area contributed by atoms with Gasteiger partial charge in [-0.25, -0.2) is 4.39 Å². The Bertz CT molecular complexity index is 297. The molecule has 0 fully saturated rings. The fourth-order valence-corrected chi connectivity index (χ4v) is 0.857. The summed E-state index contributed by atoms with van der Waals surface area (Å²) in [6, 6.07) is 8.46. The maximum absolute atomic E-state index is 12.6. The minimum atomic E-state index is -1.49. The summed E-state index contributed by atoms with van der Waals surface area (Å²) >= 11 is 0. The second-order valence-corrected chi connectivity index (χ2v) is 2.48. The van der Waals surface area contributed by atoms with E-state index < -0.39 is 12.2 Å². The predicted molar refractivity (Wildman–Crippen MR) is 49.0 cm³/mol. The van der Waals surface area contributed by atoms with Gasteiger partial charge < -0.3 is 5.32 Å². The van der Waals surface area contributed by atoms with E-state index in [0.717, 1.165) is 6.08 Å². The van der Waals surface area contributed by atoms with Crippen LogP contribution in [-0.2, 0) is 0 Å². The van der Waals surface area contributed by atoms with Gasteiger partial charge in [-0.1, -0.05) is 24.8 Å². The van der Waals surface area contributed by atoms with Crippen LogP contribution >= 0.6 is 0 Å². The molecule has 0 aliphatic carbocycles. The number of carbonyl (C=O) groups excluding carboxylic acids is 1. The van der Waals surface area contributed by atoms with Crippen molar-refractivity contribution in [3.8, 4) is 0 Å². The van der Waals surface area contributed by atoms with Crippen LogP contribution in [0.15, 0.2) is 43.0 Å². The molecule has 0 aromatic heterocycles. The molecule has 2 nitrogen and oxygen atoms in total. The second-order valence-electron chi connectivity index (χ2n) is 2.48. The first-order valence-corrected chi connectivity index (χ1v) is 3.86. The Balaban J connectivity index is 2.64. The zero-order chi connectivity index (χ0) is 9.68. The van der Waals surface area contributed by atoms with E-state index in [1.165, 1.54) is 0 Å². The zero-order valence-electron chi connectivity index (χ0n) is 7.03. The van der Waals surface area contributed by atoms with E-state index in [0.29, 0.717) is 5.56 Å². The van der Waals surface area contributed by atoms with E-state index in [9.17, 15) is 9.18 Å². The number of halogens is 1. The molecular formula is C10H10FNO. The molecule has 1 aromatic carbocycles. The highest BCUT2D eigenvalue weighted by atomic mass is 19.1. The van der Waals surface area contributed by atoms with Crippen molar-refractivity contribution in [1.82, 2.24) is 5.32 Å². The largest absolute Gasteiger partial charge is 0.319 e. The fourth-order valence-electron chi connectivity index (χ4n) is 0.857. The molecule has 1 N–H and O–H groups in total. The quantitative estimate of drug-likeness (QED) is 0.557. The molecule has 0 saturated carbocycles. The molecule has 1 amide bonds. The Kier molecular flexibility index (Phi) is 3.20. The van der Waals surface area contributed by atoms with Crippen LogP contribution in [0.5, 0.6) is 0 Å². The normalized spacial score (nSPS) is 11.8. The van der Waals surface area contributed by atoms with Crippen molar-refractivity contribution in [2.45, 2.75) is 6.30 Å². The summed E-state index contributed by atoms with van der Waals surface area (Å²) in [5.74, 6) is -0.437.